The van der Waals surface area contributed by atoms with Crippen LogP contribution in [0, 0.1) is 0 Å². The van der Waals surface area contributed by atoms with Gasteiger partial charge in [-0.05, 0) is 62.1 Å². The maximum Gasteiger partial charge on any atom is 0.253 e. The van der Waals surface area contributed by atoms with Crippen molar-refractivity contribution >= 4 is 23.2 Å². The quantitative estimate of drug-likeness (QED) is 0.493. The fraction of sp³-hybridized carbons (Fsp3) is 0.462. The molecule has 0 aliphatic carbocycles. The van der Waals surface area contributed by atoms with Crippen LogP contribution in [0.5, 0.6) is 5.75 Å². The molecule has 2 amide bonds. The third-order valence-corrected chi connectivity index (χ3v) is 5.44. The first kappa shape index (κ1) is 24.6. The van der Waals surface area contributed by atoms with E-state index in [1.807, 2.05) is 29.2 Å². The Kier molecular flexibility index (Phi) is 9.57. The Bertz CT molecular complexity index is 889. The lowest BCUT2D eigenvalue weighted by molar-refractivity contribution is -0.114. The Morgan fingerprint density at radius 1 is 1.06 bits per heavy atom. The van der Waals surface area contributed by atoms with Gasteiger partial charge in [0.2, 0.25) is 5.91 Å². The van der Waals surface area contributed by atoms with Gasteiger partial charge in [0, 0.05) is 42.7 Å². The largest absolute Gasteiger partial charge is 0.491 e. The maximum absolute atomic E-state index is 12.7. The summed E-state index contributed by atoms with van der Waals surface area (Å²) in [7, 11) is 0. The van der Waals surface area contributed by atoms with Crippen LogP contribution in [0.2, 0.25) is 0 Å². The van der Waals surface area contributed by atoms with Crippen LogP contribution in [-0.4, -0.2) is 55.7 Å². The van der Waals surface area contributed by atoms with Gasteiger partial charge < -0.3 is 25.0 Å². The van der Waals surface area contributed by atoms with E-state index >= 15 is 0 Å². The highest BCUT2D eigenvalue weighted by Crippen LogP contribution is 2.20. The van der Waals surface area contributed by atoms with Gasteiger partial charge in [0.1, 0.15) is 12.4 Å². The topological polar surface area (TPSA) is 79.9 Å². The number of anilines is 2. The minimum Gasteiger partial charge on any atom is -0.491 e. The summed E-state index contributed by atoms with van der Waals surface area (Å²) in [6.07, 6.45) is 4.13. The van der Waals surface area contributed by atoms with Gasteiger partial charge in [-0.1, -0.05) is 19.9 Å². The van der Waals surface area contributed by atoms with Crippen molar-refractivity contribution < 1.29 is 19.1 Å². The number of hydrogen-bond donors (Lipinski definition) is 2. The molecule has 2 aromatic carbocycles. The zero-order valence-electron chi connectivity index (χ0n) is 19.6. The number of hydrogen-bond acceptors (Lipinski definition) is 5. The van der Waals surface area contributed by atoms with Gasteiger partial charge in [-0.25, -0.2) is 0 Å². The Hall–Kier alpha value is -3.06. The van der Waals surface area contributed by atoms with Crippen LogP contribution >= 0.6 is 0 Å². The molecular weight excluding hydrogens is 418 g/mol. The molecule has 1 saturated heterocycles. The first-order valence-electron chi connectivity index (χ1n) is 11.9. The number of carbonyl (C=O) groups excluding carboxylic acids is 2. The standard InChI is InChI=1S/C26H35N3O4/c1-3-14-29(15-4-2)26(31)20-10-12-21(13-11-20)28-25(30)18-27-22-7-5-8-23(17-22)33-19-24-9-6-16-32-24/h5,7-8,10-13,17,24,27H,3-4,6,9,14-16,18-19H2,1-2H3,(H,28,30). The van der Waals surface area contributed by atoms with Crippen LogP contribution in [0.4, 0.5) is 11.4 Å². The Morgan fingerprint density at radius 2 is 1.82 bits per heavy atom. The zero-order valence-corrected chi connectivity index (χ0v) is 19.6. The normalized spacial score (nSPS) is 15.2. The van der Waals surface area contributed by atoms with Crippen molar-refractivity contribution in [3.05, 3.63) is 54.1 Å². The average Bonchev–Trinajstić information content (AvgIpc) is 3.35. The highest BCUT2D eigenvalue weighted by molar-refractivity contribution is 5.96. The summed E-state index contributed by atoms with van der Waals surface area (Å²) in [5.74, 6) is 0.606. The fourth-order valence-electron chi connectivity index (χ4n) is 3.78. The number of nitrogens with zero attached hydrogens (tertiary/aromatic N) is 1. The minimum absolute atomic E-state index is 0.0276. The van der Waals surface area contributed by atoms with E-state index < -0.39 is 0 Å². The van der Waals surface area contributed by atoms with Crippen molar-refractivity contribution in [1.82, 2.24) is 4.90 Å². The second-order valence-electron chi connectivity index (χ2n) is 8.25. The van der Waals surface area contributed by atoms with Gasteiger partial charge in [0.25, 0.3) is 5.91 Å². The van der Waals surface area contributed by atoms with Crippen LogP contribution in [0.15, 0.2) is 48.5 Å². The molecular formula is C26H35N3O4. The van der Waals surface area contributed by atoms with E-state index in [-0.39, 0.29) is 24.5 Å². The SMILES string of the molecule is CCCN(CCC)C(=O)c1ccc(NC(=O)CNc2cccc(OCC3CCCO3)c2)cc1. The lowest BCUT2D eigenvalue weighted by Gasteiger charge is -2.21. The number of ether oxygens (including phenoxy) is 2. The van der Waals surface area contributed by atoms with E-state index in [0.29, 0.717) is 17.9 Å². The van der Waals surface area contributed by atoms with Crippen molar-refractivity contribution in [3.63, 3.8) is 0 Å². The maximum atomic E-state index is 12.7. The molecule has 2 aromatic rings. The van der Waals surface area contributed by atoms with Gasteiger partial charge in [-0.15, -0.1) is 0 Å². The van der Waals surface area contributed by atoms with Crippen LogP contribution < -0.4 is 15.4 Å². The molecule has 0 bridgehead atoms. The summed E-state index contributed by atoms with van der Waals surface area (Å²) in [5, 5.41) is 5.98. The van der Waals surface area contributed by atoms with Crippen LogP contribution in [0.1, 0.15) is 49.9 Å². The first-order chi connectivity index (χ1) is 16.1. The summed E-state index contributed by atoms with van der Waals surface area (Å²) in [6.45, 7) is 7.09. The van der Waals surface area contributed by atoms with Gasteiger partial charge >= 0.3 is 0 Å². The number of carbonyl (C=O) groups is 2. The monoisotopic (exact) mass is 453 g/mol. The third-order valence-electron chi connectivity index (χ3n) is 5.44. The van der Waals surface area contributed by atoms with E-state index in [1.54, 1.807) is 24.3 Å². The second kappa shape index (κ2) is 12.8. The van der Waals surface area contributed by atoms with Crippen molar-refractivity contribution in [2.45, 2.75) is 45.6 Å². The first-order valence-corrected chi connectivity index (χ1v) is 11.9. The van der Waals surface area contributed by atoms with Gasteiger partial charge in [0.05, 0.1) is 12.6 Å². The lowest BCUT2D eigenvalue weighted by Crippen LogP contribution is -2.32. The van der Waals surface area contributed by atoms with Crippen molar-refractivity contribution in [2.24, 2.45) is 0 Å². The molecule has 1 atom stereocenters. The van der Waals surface area contributed by atoms with Crippen molar-refractivity contribution in [1.29, 1.82) is 0 Å². The fourth-order valence-corrected chi connectivity index (χ4v) is 3.78. The van der Waals surface area contributed by atoms with Gasteiger partial charge in [0.15, 0.2) is 0 Å². The molecule has 178 valence electrons. The molecule has 7 heteroatoms. The number of rotatable bonds is 12. The van der Waals surface area contributed by atoms with E-state index in [0.717, 1.165) is 56.8 Å². The molecule has 0 radical (unpaired) electrons. The molecule has 33 heavy (non-hydrogen) atoms. The minimum atomic E-state index is -0.168. The summed E-state index contributed by atoms with van der Waals surface area (Å²) in [6, 6.07) is 14.6. The zero-order chi connectivity index (χ0) is 23.5. The summed E-state index contributed by atoms with van der Waals surface area (Å²) >= 11 is 0. The van der Waals surface area contributed by atoms with Crippen LogP contribution in [-0.2, 0) is 9.53 Å². The van der Waals surface area contributed by atoms with E-state index in [2.05, 4.69) is 24.5 Å². The Labute approximate surface area is 196 Å². The molecule has 2 N–H and O–H groups in total. The van der Waals surface area contributed by atoms with Crippen LogP contribution in [0.3, 0.4) is 0 Å². The molecule has 0 saturated carbocycles. The smallest absolute Gasteiger partial charge is 0.253 e. The molecule has 1 aliphatic rings. The Balaban J connectivity index is 1.46. The van der Waals surface area contributed by atoms with Crippen molar-refractivity contribution in [3.8, 4) is 5.75 Å². The molecule has 1 unspecified atom stereocenters. The number of benzene rings is 2. The van der Waals surface area contributed by atoms with E-state index in [1.165, 1.54) is 0 Å². The molecule has 7 nitrogen and oxygen atoms in total. The highest BCUT2D eigenvalue weighted by atomic mass is 16.5. The molecule has 0 spiro atoms. The molecule has 1 aliphatic heterocycles. The lowest BCUT2D eigenvalue weighted by atomic mass is 10.1. The Morgan fingerprint density at radius 3 is 2.48 bits per heavy atom. The summed E-state index contributed by atoms with van der Waals surface area (Å²) in [4.78, 5) is 26.9. The predicted octanol–water partition coefficient (Wildman–Crippen LogP) is 4.56. The van der Waals surface area contributed by atoms with E-state index in [4.69, 9.17) is 9.47 Å². The van der Waals surface area contributed by atoms with Crippen LogP contribution in [0.25, 0.3) is 0 Å². The highest BCUT2D eigenvalue weighted by Gasteiger charge is 2.16. The summed E-state index contributed by atoms with van der Waals surface area (Å²) in [5.41, 5.74) is 2.10. The molecule has 3 rings (SSSR count). The number of amides is 2. The second-order valence-corrected chi connectivity index (χ2v) is 8.25. The van der Waals surface area contributed by atoms with Gasteiger partial charge in [-0.3, -0.25) is 9.59 Å². The predicted molar refractivity (Wildman–Crippen MR) is 131 cm³/mol. The van der Waals surface area contributed by atoms with E-state index in [9.17, 15) is 9.59 Å². The average molecular weight is 454 g/mol. The van der Waals surface area contributed by atoms with Gasteiger partial charge in [-0.2, -0.15) is 0 Å². The molecule has 0 aromatic heterocycles. The van der Waals surface area contributed by atoms with Crippen molar-refractivity contribution in [2.75, 3.05) is 43.5 Å². The summed E-state index contributed by atoms with van der Waals surface area (Å²) < 4.78 is 11.4. The third kappa shape index (κ3) is 7.79. The molecule has 1 fully saturated rings. The number of nitrogens with one attached hydrogen (secondary N) is 2. The molecule has 1 heterocycles.